The van der Waals surface area contributed by atoms with Crippen LogP contribution in [0.4, 0.5) is 13.2 Å². The van der Waals surface area contributed by atoms with Gasteiger partial charge in [-0.05, 0) is 23.8 Å². The molecular weight excluding hydrogens is 314 g/mol. The first-order valence-electron chi connectivity index (χ1n) is 6.50. The number of aromatic nitrogens is 1. The van der Waals surface area contributed by atoms with Crippen LogP contribution < -0.4 is 14.9 Å². The molecule has 0 spiro atoms. The summed E-state index contributed by atoms with van der Waals surface area (Å²) < 4.78 is 49.2. The highest BCUT2D eigenvalue weighted by Crippen LogP contribution is 2.34. The number of nitrogens with zero attached hydrogens (tertiary/aromatic N) is 1. The van der Waals surface area contributed by atoms with E-state index >= 15 is 0 Å². The number of methoxy groups -OCH3 is 1. The van der Waals surface area contributed by atoms with Gasteiger partial charge in [-0.15, -0.1) is 0 Å². The summed E-state index contributed by atoms with van der Waals surface area (Å²) >= 11 is 0. The second-order valence-electron chi connectivity index (χ2n) is 4.63. The maximum Gasteiger partial charge on any atom is 0.490 e. The zero-order chi connectivity index (χ0) is 17.0. The van der Waals surface area contributed by atoms with Crippen LogP contribution >= 0.6 is 0 Å². The second-order valence-corrected chi connectivity index (χ2v) is 4.63. The van der Waals surface area contributed by atoms with Crippen molar-refractivity contribution in [2.24, 2.45) is 0 Å². The van der Waals surface area contributed by atoms with Crippen molar-refractivity contribution in [1.82, 2.24) is 4.98 Å². The van der Waals surface area contributed by atoms with Crippen molar-refractivity contribution in [3.63, 3.8) is 0 Å². The van der Waals surface area contributed by atoms with Gasteiger partial charge in [0.1, 0.15) is 17.9 Å². The zero-order valence-electron chi connectivity index (χ0n) is 12.0. The Morgan fingerprint density at radius 3 is 2.35 bits per heavy atom. The Balaban J connectivity index is 2.21. The van der Waals surface area contributed by atoms with Crippen LogP contribution in [0.1, 0.15) is 11.1 Å². The Morgan fingerprint density at radius 1 is 1.17 bits per heavy atom. The number of halogens is 3. The highest BCUT2D eigenvalue weighted by Gasteiger charge is 2.36. The van der Waals surface area contributed by atoms with Crippen molar-refractivity contribution in [1.29, 1.82) is 0 Å². The summed E-state index contributed by atoms with van der Waals surface area (Å²) in [5.74, 6) is -0.0122. The number of ether oxygens (including phenoxy) is 2. The van der Waals surface area contributed by atoms with Crippen LogP contribution in [0.5, 0.6) is 11.6 Å². The molecule has 0 amide bonds. The molecule has 2 aromatic rings. The van der Waals surface area contributed by atoms with Gasteiger partial charge < -0.3 is 19.5 Å². The van der Waals surface area contributed by atoms with Crippen molar-refractivity contribution in [3.8, 4) is 11.6 Å². The fraction of sp³-hybridized carbons (Fsp3) is 0.214. The first-order valence-corrected chi connectivity index (χ1v) is 6.50. The molecule has 122 valence electrons. The van der Waals surface area contributed by atoms with Crippen LogP contribution in [0.2, 0.25) is 0 Å². The minimum atomic E-state index is -4.73. The molecule has 1 aromatic carbocycles. The number of pyridine rings is 1. The molecule has 0 radical (unpaired) electrons. The van der Waals surface area contributed by atoms with Gasteiger partial charge in [0.05, 0.1) is 7.11 Å². The van der Waals surface area contributed by atoms with Crippen LogP contribution in [0.25, 0.3) is 0 Å². The van der Waals surface area contributed by atoms with Crippen molar-refractivity contribution in [2.75, 3.05) is 7.11 Å². The predicted molar refractivity (Wildman–Crippen MR) is 76.4 cm³/mol. The molecule has 9 heteroatoms. The van der Waals surface area contributed by atoms with Gasteiger partial charge in [-0.25, -0.2) is 4.98 Å². The second kappa shape index (κ2) is 6.88. The molecule has 0 saturated heterocycles. The highest BCUT2D eigenvalue weighted by molar-refractivity contribution is 6.58. The summed E-state index contributed by atoms with van der Waals surface area (Å²) in [7, 11) is -0.540. The molecule has 0 atom stereocenters. The lowest BCUT2D eigenvalue weighted by Crippen LogP contribution is -2.31. The average molecular weight is 327 g/mol. The summed E-state index contributed by atoms with van der Waals surface area (Å²) in [6.45, 7) is -0.124. The van der Waals surface area contributed by atoms with Gasteiger partial charge in [0.2, 0.25) is 5.88 Å². The van der Waals surface area contributed by atoms with E-state index in [1.54, 1.807) is 24.3 Å². The molecule has 2 N–H and O–H groups in total. The van der Waals surface area contributed by atoms with Crippen LogP contribution in [-0.2, 0) is 12.8 Å². The van der Waals surface area contributed by atoms with E-state index in [0.29, 0.717) is 17.4 Å². The minimum Gasteiger partial charge on any atom is -0.497 e. The Hall–Kier alpha value is -2.26. The van der Waals surface area contributed by atoms with Crippen LogP contribution in [0.15, 0.2) is 36.5 Å². The number of alkyl halides is 3. The molecule has 1 heterocycles. The number of hydrogen-bond acceptors (Lipinski definition) is 5. The third-order valence-electron chi connectivity index (χ3n) is 3.01. The lowest BCUT2D eigenvalue weighted by atomic mass is 9.81. The van der Waals surface area contributed by atoms with Gasteiger partial charge in [-0.2, -0.15) is 13.2 Å². The van der Waals surface area contributed by atoms with E-state index in [-0.39, 0.29) is 12.1 Å². The fourth-order valence-corrected chi connectivity index (χ4v) is 1.80. The zero-order valence-corrected chi connectivity index (χ0v) is 12.0. The average Bonchev–Trinajstić information content (AvgIpc) is 2.52. The van der Waals surface area contributed by atoms with Crippen molar-refractivity contribution >= 4 is 12.6 Å². The molecule has 0 aliphatic heterocycles. The SMILES string of the molecule is COc1ccc(COc2ncc(B(O)O)cc2C(F)(F)F)cc1. The van der Waals surface area contributed by atoms with Gasteiger partial charge in [0, 0.05) is 11.7 Å². The van der Waals surface area contributed by atoms with E-state index in [4.69, 9.17) is 19.5 Å². The molecule has 1 aromatic heterocycles. The summed E-state index contributed by atoms with van der Waals surface area (Å²) in [5, 5.41) is 17.9. The monoisotopic (exact) mass is 327 g/mol. The molecule has 0 bridgehead atoms. The number of benzene rings is 1. The molecule has 5 nitrogen and oxygen atoms in total. The van der Waals surface area contributed by atoms with Gasteiger partial charge in [0.25, 0.3) is 0 Å². The minimum absolute atomic E-state index is 0.124. The quantitative estimate of drug-likeness (QED) is 0.812. The van der Waals surface area contributed by atoms with Gasteiger partial charge >= 0.3 is 13.3 Å². The van der Waals surface area contributed by atoms with E-state index in [0.717, 1.165) is 6.20 Å². The first-order chi connectivity index (χ1) is 10.8. The molecule has 0 aliphatic rings. The standard InChI is InChI=1S/C14H13BF3NO4/c1-22-11-4-2-9(3-5-11)8-23-13-12(14(16,17)18)6-10(7-19-13)15(20)21/h2-7,20-21H,8H2,1H3. The summed E-state index contributed by atoms with van der Waals surface area (Å²) in [5.41, 5.74) is -0.905. The van der Waals surface area contributed by atoms with Gasteiger partial charge in [-0.3, -0.25) is 0 Å². The maximum atomic E-state index is 13.0. The van der Waals surface area contributed by atoms with E-state index in [1.807, 2.05) is 0 Å². The fourth-order valence-electron chi connectivity index (χ4n) is 1.80. The lowest BCUT2D eigenvalue weighted by molar-refractivity contribution is -0.139. The van der Waals surface area contributed by atoms with Crippen LogP contribution in [0, 0.1) is 0 Å². The molecule has 0 saturated carbocycles. The third-order valence-corrected chi connectivity index (χ3v) is 3.01. The Bertz CT molecular complexity index is 662. The number of rotatable bonds is 5. The van der Waals surface area contributed by atoms with Crippen molar-refractivity contribution in [2.45, 2.75) is 12.8 Å². The first kappa shape index (κ1) is 17.1. The molecule has 23 heavy (non-hydrogen) atoms. The topological polar surface area (TPSA) is 71.8 Å². The molecule has 0 fully saturated rings. The Morgan fingerprint density at radius 2 is 1.83 bits per heavy atom. The van der Waals surface area contributed by atoms with Crippen molar-refractivity contribution in [3.05, 3.63) is 47.7 Å². The normalized spacial score (nSPS) is 11.2. The van der Waals surface area contributed by atoms with Gasteiger partial charge in [-0.1, -0.05) is 12.1 Å². The maximum absolute atomic E-state index is 13.0. The largest absolute Gasteiger partial charge is 0.497 e. The Labute approximate surface area is 130 Å². The van der Waals surface area contributed by atoms with E-state index in [2.05, 4.69) is 4.98 Å². The van der Waals surface area contributed by atoms with Gasteiger partial charge in [0.15, 0.2) is 0 Å². The highest BCUT2D eigenvalue weighted by atomic mass is 19.4. The Kier molecular flexibility index (Phi) is 5.12. The third kappa shape index (κ3) is 4.36. The van der Waals surface area contributed by atoms with E-state index in [1.165, 1.54) is 7.11 Å². The molecule has 0 unspecified atom stereocenters. The van der Waals surface area contributed by atoms with E-state index < -0.39 is 24.7 Å². The van der Waals surface area contributed by atoms with Crippen molar-refractivity contribution < 1.29 is 32.7 Å². The molecule has 2 rings (SSSR count). The molecular formula is C14H13BF3NO4. The van der Waals surface area contributed by atoms with Crippen LogP contribution in [0.3, 0.4) is 0 Å². The lowest BCUT2D eigenvalue weighted by Gasteiger charge is -2.14. The van der Waals surface area contributed by atoms with Crippen LogP contribution in [-0.4, -0.2) is 29.3 Å². The molecule has 0 aliphatic carbocycles. The predicted octanol–water partition coefficient (Wildman–Crippen LogP) is 1.37. The summed E-state index contributed by atoms with van der Waals surface area (Å²) in [6.07, 6.45) is -3.81. The number of hydrogen-bond donors (Lipinski definition) is 2. The van der Waals surface area contributed by atoms with E-state index in [9.17, 15) is 13.2 Å². The summed E-state index contributed by atoms with van der Waals surface area (Å²) in [6, 6.07) is 7.21. The smallest absolute Gasteiger partial charge is 0.490 e. The summed E-state index contributed by atoms with van der Waals surface area (Å²) in [4.78, 5) is 3.53.